The molecule has 162 valence electrons. The Hall–Kier alpha value is -1.71. The number of unbranched alkanes of at least 4 members (excludes halogenated alkanes) is 5. The Balaban J connectivity index is 1.39. The first kappa shape index (κ1) is 22.0. The van der Waals surface area contributed by atoms with Crippen molar-refractivity contribution in [1.82, 2.24) is 0 Å². The molecule has 0 heterocycles. The van der Waals surface area contributed by atoms with E-state index in [9.17, 15) is 20.1 Å². The molecular formula is C25H38O4. The SMILES string of the molecule is CC1(CCCCCCc2cc(O)c(O)cc2CCCCCC2(C(=O)O)CC2)CC1. The summed E-state index contributed by atoms with van der Waals surface area (Å²) in [5, 5.41) is 29.1. The minimum atomic E-state index is -0.630. The van der Waals surface area contributed by atoms with Gasteiger partial charge < -0.3 is 15.3 Å². The molecular weight excluding hydrogens is 364 g/mol. The van der Waals surface area contributed by atoms with Crippen LogP contribution in [0.3, 0.4) is 0 Å². The second-order valence-electron chi connectivity index (χ2n) is 9.98. The van der Waals surface area contributed by atoms with Crippen LogP contribution in [-0.4, -0.2) is 21.3 Å². The number of aliphatic carboxylic acids is 1. The molecule has 29 heavy (non-hydrogen) atoms. The van der Waals surface area contributed by atoms with Crippen LogP contribution in [0.15, 0.2) is 12.1 Å². The third-order valence-electron chi connectivity index (χ3n) is 7.29. The molecule has 0 unspecified atom stereocenters. The smallest absolute Gasteiger partial charge is 0.309 e. The van der Waals surface area contributed by atoms with Crippen molar-refractivity contribution in [2.45, 2.75) is 103 Å². The van der Waals surface area contributed by atoms with Crippen molar-refractivity contribution in [1.29, 1.82) is 0 Å². The largest absolute Gasteiger partial charge is 0.504 e. The molecule has 2 saturated carbocycles. The van der Waals surface area contributed by atoms with Crippen LogP contribution in [0.25, 0.3) is 0 Å². The van der Waals surface area contributed by atoms with Gasteiger partial charge in [-0.15, -0.1) is 0 Å². The van der Waals surface area contributed by atoms with Gasteiger partial charge in [-0.3, -0.25) is 4.79 Å². The summed E-state index contributed by atoms with van der Waals surface area (Å²) in [6, 6.07) is 3.46. The summed E-state index contributed by atoms with van der Waals surface area (Å²) >= 11 is 0. The molecule has 1 aromatic rings. The molecule has 2 fully saturated rings. The van der Waals surface area contributed by atoms with Gasteiger partial charge in [0.1, 0.15) is 0 Å². The molecule has 0 atom stereocenters. The molecule has 4 nitrogen and oxygen atoms in total. The first-order valence-electron chi connectivity index (χ1n) is 11.6. The number of benzene rings is 1. The zero-order valence-corrected chi connectivity index (χ0v) is 18.0. The quantitative estimate of drug-likeness (QED) is 0.250. The summed E-state index contributed by atoms with van der Waals surface area (Å²) < 4.78 is 0. The van der Waals surface area contributed by atoms with Crippen LogP contribution in [0, 0.1) is 10.8 Å². The van der Waals surface area contributed by atoms with Crippen LogP contribution >= 0.6 is 0 Å². The topological polar surface area (TPSA) is 77.8 Å². The molecule has 3 rings (SSSR count). The number of rotatable bonds is 14. The minimum absolute atomic E-state index is 0.0254. The molecule has 2 aliphatic carbocycles. The zero-order chi connectivity index (χ0) is 20.9. The third-order valence-corrected chi connectivity index (χ3v) is 7.29. The maximum absolute atomic E-state index is 11.2. The molecule has 3 N–H and O–H groups in total. The second kappa shape index (κ2) is 9.40. The van der Waals surface area contributed by atoms with Crippen LogP contribution in [-0.2, 0) is 17.6 Å². The number of hydrogen-bond donors (Lipinski definition) is 3. The van der Waals surface area contributed by atoms with Gasteiger partial charge in [-0.25, -0.2) is 0 Å². The normalized spacial score (nSPS) is 18.5. The highest BCUT2D eigenvalue weighted by atomic mass is 16.4. The van der Waals surface area contributed by atoms with E-state index in [2.05, 4.69) is 6.92 Å². The Morgan fingerprint density at radius 1 is 0.793 bits per heavy atom. The van der Waals surface area contributed by atoms with Gasteiger partial charge in [-0.05, 0) is 92.9 Å². The Kier molecular flexibility index (Phi) is 7.13. The molecule has 0 aliphatic heterocycles. The number of aromatic hydroxyl groups is 2. The van der Waals surface area contributed by atoms with Crippen LogP contribution in [0.1, 0.15) is 102 Å². The standard InChI is InChI=1S/C25H38O4/c1-24(13-14-24)11-7-3-2-5-9-19-17-21(26)22(27)18-20(19)10-6-4-8-12-25(15-16-25)23(28)29/h17-18,26-27H,2-16H2,1H3,(H,28,29). The van der Waals surface area contributed by atoms with Crippen molar-refractivity contribution >= 4 is 5.97 Å². The maximum atomic E-state index is 11.2. The first-order valence-corrected chi connectivity index (χ1v) is 11.6. The summed E-state index contributed by atoms with van der Waals surface area (Å²) in [6.45, 7) is 2.39. The van der Waals surface area contributed by atoms with Crippen LogP contribution in [0.5, 0.6) is 11.5 Å². The summed E-state index contributed by atoms with van der Waals surface area (Å²) in [7, 11) is 0. The van der Waals surface area contributed by atoms with Gasteiger partial charge in [0.05, 0.1) is 5.41 Å². The fraction of sp³-hybridized carbons (Fsp3) is 0.720. The van der Waals surface area contributed by atoms with E-state index in [1.165, 1.54) is 38.5 Å². The van der Waals surface area contributed by atoms with E-state index in [4.69, 9.17) is 0 Å². The summed E-state index contributed by atoms with van der Waals surface area (Å²) in [5.74, 6) is -0.693. The lowest BCUT2D eigenvalue weighted by molar-refractivity contribution is -0.143. The average molecular weight is 403 g/mol. The Bertz CT molecular complexity index is 701. The van der Waals surface area contributed by atoms with E-state index >= 15 is 0 Å². The minimum Gasteiger partial charge on any atom is -0.504 e. The molecule has 1 aromatic carbocycles. The van der Waals surface area contributed by atoms with Gasteiger partial charge in [0.25, 0.3) is 0 Å². The number of phenols is 2. The number of carboxylic acids is 1. The van der Waals surface area contributed by atoms with Crippen molar-refractivity contribution in [2.24, 2.45) is 10.8 Å². The van der Waals surface area contributed by atoms with Crippen LogP contribution in [0.2, 0.25) is 0 Å². The predicted octanol–water partition coefficient (Wildman–Crippen LogP) is 6.36. The third kappa shape index (κ3) is 6.38. The van der Waals surface area contributed by atoms with Crippen molar-refractivity contribution in [3.8, 4) is 11.5 Å². The monoisotopic (exact) mass is 402 g/mol. The summed E-state index contributed by atoms with van der Waals surface area (Å²) in [4.78, 5) is 11.2. The second-order valence-corrected chi connectivity index (χ2v) is 9.98. The van der Waals surface area contributed by atoms with Crippen molar-refractivity contribution in [3.05, 3.63) is 23.3 Å². The predicted molar refractivity (Wildman–Crippen MR) is 115 cm³/mol. The number of aryl methyl sites for hydroxylation is 2. The lowest BCUT2D eigenvalue weighted by atomic mass is 9.94. The van der Waals surface area contributed by atoms with Gasteiger partial charge in [0.2, 0.25) is 0 Å². The maximum Gasteiger partial charge on any atom is 0.309 e. The highest BCUT2D eigenvalue weighted by Crippen LogP contribution is 2.50. The van der Waals surface area contributed by atoms with Gasteiger partial charge in [0.15, 0.2) is 11.5 Å². The number of carbonyl (C=O) groups is 1. The van der Waals surface area contributed by atoms with Crippen LogP contribution < -0.4 is 0 Å². The Labute approximate surface area is 175 Å². The van der Waals surface area contributed by atoms with E-state index in [1.807, 2.05) is 0 Å². The number of hydrogen-bond acceptors (Lipinski definition) is 3. The molecule has 0 spiro atoms. The lowest BCUT2D eigenvalue weighted by Gasteiger charge is -2.13. The molecule has 0 saturated heterocycles. The van der Waals surface area contributed by atoms with Crippen molar-refractivity contribution in [2.75, 3.05) is 0 Å². The molecule has 0 bridgehead atoms. The summed E-state index contributed by atoms with van der Waals surface area (Å²) in [6.07, 6.45) is 16.3. The van der Waals surface area contributed by atoms with E-state index < -0.39 is 11.4 Å². The van der Waals surface area contributed by atoms with Gasteiger partial charge in [-0.1, -0.05) is 39.0 Å². The molecule has 2 aliphatic rings. The Morgan fingerprint density at radius 2 is 1.28 bits per heavy atom. The van der Waals surface area contributed by atoms with E-state index in [0.29, 0.717) is 5.41 Å². The average Bonchev–Trinajstić information content (AvgIpc) is 3.59. The molecule has 0 radical (unpaired) electrons. The highest BCUT2D eigenvalue weighted by Gasteiger charge is 2.49. The fourth-order valence-corrected chi connectivity index (χ4v) is 4.49. The highest BCUT2D eigenvalue weighted by molar-refractivity contribution is 5.77. The van der Waals surface area contributed by atoms with Crippen LogP contribution in [0.4, 0.5) is 0 Å². The summed E-state index contributed by atoms with van der Waals surface area (Å²) in [5.41, 5.74) is 2.52. The first-order chi connectivity index (χ1) is 13.8. The van der Waals surface area contributed by atoms with E-state index in [-0.39, 0.29) is 11.5 Å². The number of carboxylic acid groups (broad SMARTS) is 1. The number of phenolic OH excluding ortho intramolecular Hbond substituents is 2. The van der Waals surface area contributed by atoms with Gasteiger partial charge >= 0.3 is 5.97 Å². The zero-order valence-electron chi connectivity index (χ0n) is 18.0. The fourth-order valence-electron chi connectivity index (χ4n) is 4.49. The van der Waals surface area contributed by atoms with E-state index in [1.54, 1.807) is 12.1 Å². The molecule has 4 heteroatoms. The van der Waals surface area contributed by atoms with Gasteiger partial charge in [-0.2, -0.15) is 0 Å². The van der Waals surface area contributed by atoms with E-state index in [0.717, 1.165) is 68.9 Å². The molecule has 0 amide bonds. The van der Waals surface area contributed by atoms with Gasteiger partial charge in [0, 0.05) is 0 Å². The van der Waals surface area contributed by atoms with Crippen molar-refractivity contribution in [3.63, 3.8) is 0 Å². The Morgan fingerprint density at radius 3 is 1.76 bits per heavy atom. The lowest BCUT2D eigenvalue weighted by Crippen LogP contribution is -2.14. The molecule has 0 aromatic heterocycles. The van der Waals surface area contributed by atoms with Crippen molar-refractivity contribution < 1.29 is 20.1 Å².